The van der Waals surface area contributed by atoms with Crippen molar-refractivity contribution in [2.24, 2.45) is 5.92 Å². The molecule has 0 bridgehead atoms. The second-order valence-electron chi connectivity index (χ2n) is 10.5. The maximum Gasteiger partial charge on any atom is 0.194 e. The van der Waals surface area contributed by atoms with Crippen LogP contribution < -0.4 is 0 Å². The fourth-order valence-electron chi connectivity index (χ4n) is 5.32. The van der Waals surface area contributed by atoms with E-state index >= 15 is 0 Å². The molecular weight excluding hydrogens is 587 g/mol. The minimum absolute atomic E-state index is 0.0245. The van der Waals surface area contributed by atoms with Gasteiger partial charge in [0.05, 0.1) is 31.6 Å². The number of nitrogens with zero attached hydrogens (tertiary/aromatic N) is 3. The first kappa shape index (κ1) is 30.8. The number of ether oxygens (including phenoxy) is 2. The molecular formula is C31H29ClF3N3O5. The molecule has 6 atom stereocenters. The molecule has 2 unspecified atom stereocenters. The quantitative estimate of drug-likeness (QED) is 0.249. The zero-order valence-corrected chi connectivity index (χ0v) is 23.7. The fourth-order valence-corrected chi connectivity index (χ4v) is 5.45. The lowest BCUT2D eigenvalue weighted by Gasteiger charge is -2.45. The van der Waals surface area contributed by atoms with Gasteiger partial charge >= 0.3 is 0 Å². The Labute approximate surface area is 250 Å². The number of rotatable bonds is 10. The summed E-state index contributed by atoms with van der Waals surface area (Å²) >= 11 is 6.01. The summed E-state index contributed by atoms with van der Waals surface area (Å²) in [4.78, 5) is 13.7. The van der Waals surface area contributed by atoms with Gasteiger partial charge in [-0.05, 0) is 35.4 Å². The largest absolute Gasteiger partial charge is 0.394 e. The number of aliphatic hydroxyl groups excluding tert-OH is 2. The SMILES string of the molecule is CC1[C@H]([C@H](OCc2ccc(Cl)cc2)C(=O)Cc2ccccc2)OC(CO)[C@H](O)[C@@H]1n1cc(-c2cc(F)c(F)c(F)c2)nn1. The number of hydrogen-bond donors (Lipinski definition) is 2. The standard InChI is InChI=1S/C31H29ClF3N3O5/c1-17-28(38-14-24(36-37-38)20-12-22(33)27(35)23(34)13-20)29(41)26(15-39)43-30(17)31(25(40)11-18-5-3-2-4-6-18)42-16-19-7-9-21(32)10-8-19/h2-10,12-14,17,26,28-31,39,41H,11,15-16H2,1H3/t17?,26?,28-,29+,30-,31-/m1/s1. The maximum atomic E-state index is 13.9. The normalized spacial score (nSPS) is 22.8. The topological polar surface area (TPSA) is 107 Å². The fraction of sp³-hybridized carbons (Fsp3) is 0.323. The second-order valence-corrected chi connectivity index (χ2v) is 10.9. The minimum atomic E-state index is -1.61. The number of carbonyl (C=O) groups is 1. The van der Waals surface area contributed by atoms with E-state index in [2.05, 4.69) is 10.3 Å². The van der Waals surface area contributed by atoms with E-state index < -0.39 is 60.4 Å². The molecule has 2 N–H and O–H groups in total. The highest BCUT2D eigenvalue weighted by Gasteiger charge is 2.49. The van der Waals surface area contributed by atoms with Gasteiger partial charge in [0, 0.05) is 22.9 Å². The van der Waals surface area contributed by atoms with E-state index in [-0.39, 0.29) is 30.1 Å². The Morgan fingerprint density at radius 3 is 2.40 bits per heavy atom. The van der Waals surface area contributed by atoms with E-state index in [0.717, 1.165) is 23.3 Å². The summed E-state index contributed by atoms with van der Waals surface area (Å²) in [6.45, 7) is 1.22. The molecule has 1 aliphatic heterocycles. The molecule has 0 spiro atoms. The summed E-state index contributed by atoms with van der Waals surface area (Å²) in [5, 5.41) is 29.9. The number of benzene rings is 3. The van der Waals surface area contributed by atoms with Crippen LogP contribution >= 0.6 is 11.6 Å². The van der Waals surface area contributed by atoms with Crippen molar-refractivity contribution in [3.63, 3.8) is 0 Å². The smallest absolute Gasteiger partial charge is 0.194 e. The molecule has 0 radical (unpaired) electrons. The Bertz CT molecular complexity index is 1530. The lowest BCUT2D eigenvalue weighted by molar-refractivity contribution is -0.214. The highest BCUT2D eigenvalue weighted by molar-refractivity contribution is 6.30. The van der Waals surface area contributed by atoms with Crippen LogP contribution in [0.5, 0.6) is 0 Å². The number of hydrogen-bond acceptors (Lipinski definition) is 7. The van der Waals surface area contributed by atoms with Crippen molar-refractivity contribution in [3.05, 3.63) is 107 Å². The van der Waals surface area contributed by atoms with E-state index in [9.17, 15) is 28.2 Å². The Morgan fingerprint density at radius 2 is 1.74 bits per heavy atom. The van der Waals surface area contributed by atoms with Gasteiger partial charge in [0.15, 0.2) is 23.2 Å². The van der Waals surface area contributed by atoms with Crippen molar-refractivity contribution in [3.8, 4) is 11.3 Å². The van der Waals surface area contributed by atoms with Gasteiger partial charge in [-0.15, -0.1) is 5.10 Å². The van der Waals surface area contributed by atoms with E-state index in [0.29, 0.717) is 5.02 Å². The van der Waals surface area contributed by atoms with E-state index in [1.165, 1.54) is 10.9 Å². The van der Waals surface area contributed by atoms with Gasteiger partial charge < -0.3 is 19.7 Å². The Kier molecular flexibility index (Phi) is 9.58. The van der Waals surface area contributed by atoms with Gasteiger partial charge in [0.25, 0.3) is 0 Å². The number of halogens is 4. The maximum absolute atomic E-state index is 13.9. The van der Waals surface area contributed by atoms with Crippen molar-refractivity contribution in [1.29, 1.82) is 0 Å². The number of Topliss-reactive ketones (excluding diaryl/α,β-unsaturated/α-hetero) is 1. The van der Waals surface area contributed by atoms with Crippen LogP contribution in [0.25, 0.3) is 11.3 Å². The molecule has 1 aromatic heterocycles. The summed E-state index contributed by atoms with van der Waals surface area (Å²) in [5.41, 5.74) is 1.50. The van der Waals surface area contributed by atoms with Crippen LogP contribution in [-0.4, -0.2) is 62.0 Å². The Morgan fingerprint density at radius 1 is 1.07 bits per heavy atom. The molecule has 43 heavy (non-hydrogen) atoms. The summed E-state index contributed by atoms with van der Waals surface area (Å²) in [6.07, 6.45) is -3.08. The third-order valence-corrected chi connectivity index (χ3v) is 7.83. The van der Waals surface area contributed by atoms with Gasteiger partial charge in [-0.1, -0.05) is 66.2 Å². The molecule has 1 saturated heterocycles. The predicted octanol–water partition coefficient (Wildman–Crippen LogP) is 4.71. The Hall–Kier alpha value is -3.61. The van der Waals surface area contributed by atoms with E-state index in [4.69, 9.17) is 21.1 Å². The number of carbonyl (C=O) groups excluding carboxylic acids is 1. The van der Waals surface area contributed by atoms with Gasteiger partial charge in [-0.3, -0.25) is 4.79 Å². The van der Waals surface area contributed by atoms with Crippen molar-refractivity contribution >= 4 is 17.4 Å². The van der Waals surface area contributed by atoms with Crippen LogP contribution in [-0.2, 0) is 27.3 Å². The Balaban J connectivity index is 1.46. The molecule has 8 nitrogen and oxygen atoms in total. The monoisotopic (exact) mass is 615 g/mol. The van der Waals surface area contributed by atoms with E-state index in [1.54, 1.807) is 31.2 Å². The van der Waals surface area contributed by atoms with E-state index in [1.807, 2.05) is 30.3 Å². The number of ketones is 1. The van der Waals surface area contributed by atoms with Crippen molar-refractivity contribution in [1.82, 2.24) is 15.0 Å². The molecule has 226 valence electrons. The van der Waals surface area contributed by atoms with Crippen molar-refractivity contribution in [2.75, 3.05) is 6.61 Å². The van der Waals surface area contributed by atoms with Crippen LogP contribution in [0.4, 0.5) is 13.2 Å². The van der Waals surface area contributed by atoms with Gasteiger partial charge in [0.1, 0.15) is 24.0 Å². The second kappa shape index (κ2) is 13.4. The average Bonchev–Trinajstić information content (AvgIpc) is 3.48. The van der Waals surface area contributed by atoms with Gasteiger partial charge in [-0.2, -0.15) is 0 Å². The van der Waals surface area contributed by atoms with Crippen molar-refractivity contribution in [2.45, 2.75) is 50.4 Å². The number of aromatic nitrogens is 3. The van der Waals surface area contributed by atoms with Gasteiger partial charge in [0.2, 0.25) is 0 Å². The summed E-state index contributed by atoms with van der Waals surface area (Å²) in [7, 11) is 0. The molecule has 1 aliphatic rings. The molecule has 0 amide bonds. The lowest BCUT2D eigenvalue weighted by Crippen LogP contribution is -2.57. The zero-order chi connectivity index (χ0) is 30.7. The summed E-state index contributed by atoms with van der Waals surface area (Å²) in [5.74, 6) is -5.29. The molecule has 3 aromatic carbocycles. The number of aliphatic hydroxyl groups is 2. The summed E-state index contributed by atoms with van der Waals surface area (Å²) in [6, 6.07) is 16.8. The predicted molar refractivity (Wildman–Crippen MR) is 150 cm³/mol. The lowest BCUT2D eigenvalue weighted by atomic mass is 9.82. The summed E-state index contributed by atoms with van der Waals surface area (Å²) < 4.78 is 54.9. The molecule has 0 saturated carbocycles. The molecule has 0 aliphatic carbocycles. The average molecular weight is 616 g/mol. The molecule has 12 heteroatoms. The van der Waals surface area contributed by atoms with Crippen LogP contribution in [0.3, 0.4) is 0 Å². The first-order valence-corrected chi connectivity index (χ1v) is 14.0. The van der Waals surface area contributed by atoms with Crippen LogP contribution in [0, 0.1) is 23.4 Å². The minimum Gasteiger partial charge on any atom is -0.394 e. The molecule has 5 rings (SSSR count). The molecule has 2 heterocycles. The first-order chi connectivity index (χ1) is 20.7. The van der Waals surface area contributed by atoms with Crippen LogP contribution in [0.15, 0.2) is 72.9 Å². The zero-order valence-electron chi connectivity index (χ0n) is 23.0. The van der Waals surface area contributed by atoms with Crippen LogP contribution in [0.2, 0.25) is 5.02 Å². The van der Waals surface area contributed by atoms with Crippen LogP contribution in [0.1, 0.15) is 24.1 Å². The molecule has 1 fully saturated rings. The van der Waals surface area contributed by atoms with Gasteiger partial charge in [-0.25, -0.2) is 17.9 Å². The third kappa shape index (κ3) is 6.81. The molecule has 4 aromatic rings. The highest BCUT2D eigenvalue weighted by Crippen LogP contribution is 2.38. The first-order valence-electron chi connectivity index (χ1n) is 13.6. The van der Waals surface area contributed by atoms with Crippen molar-refractivity contribution < 1.29 is 37.7 Å². The third-order valence-electron chi connectivity index (χ3n) is 7.57. The highest BCUT2D eigenvalue weighted by atomic mass is 35.5.